The van der Waals surface area contributed by atoms with Crippen LogP contribution in [0.1, 0.15) is 18.2 Å². The van der Waals surface area contributed by atoms with Gasteiger partial charge in [0.2, 0.25) is 0 Å². The van der Waals surface area contributed by atoms with Gasteiger partial charge in [-0.2, -0.15) is 18.3 Å². The summed E-state index contributed by atoms with van der Waals surface area (Å²) < 4.78 is 38.0. The molecule has 0 aliphatic rings. The van der Waals surface area contributed by atoms with Crippen LogP contribution in [-0.2, 0) is 7.05 Å². The Morgan fingerprint density at radius 2 is 2.20 bits per heavy atom. The van der Waals surface area contributed by atoms with Gasteiger partial charge >= 0.3 is 6.18 Å². The summed E-state index contributed by atoms with van der Waals surface area (Å²) in [6.45, 7) is 0. The fourth-order valence-corrected chi connectivity index (χ4v) is 1.68. The highest BCUT2D eigenvalue weighted by atomic mass is 35.5. The lowest BCUT2D eigenvalue weighted by atomic mass is 10.1. The molecular weight excluding hydrogens is 231 g/mol. The van der Waals surface area contributed by atoms with Gasteiger partial charge in [0.1, 0.15) is 0 Å². The topological polar surface area (TPSA) is 29.9 Å². The molecule has 1 aromatic rings. The van der Waals surface area contributed by atoms with Crippen molar-refractivity contribution in [3.05, 3.63) is 16.9 Å². The largest absolute Gasteiger partial charge is 0.390 e. The van der Waals surface area contributed by atoms with E-state index < -0.39 is 18.6 Å². The maximum Gasteiger partial charge on any atom is 0.390 e. The Bertz CT molecular complexity index is 315. The number of nitrogens with zero attached hydrogens (tertiary/aromatic N) is 2. The summed E-state index contributed by atoms with van der Waals surface area (Å²) in [6.07, 6.45) is -3.87. The minimum atomic E-state index is -4.23. The molecule has 0 spiro atoms. The van der Waals surface area contributed by atoms with Crippen molar-refractivity contribution < 1.29 is 13.2 Å². The molecule has 1 rings (SSSR count). The van der Waals surface area contributed by atoms with Crippen LogP contribution in [0, 0.1) is 0 Å². The van der Waals surface area contributed by atoms with Crippen molar-refractivity contribution in [1.82, 2.24) is 15.1 Å². The molecule has 0 saturated carbocycles. The van der Waals surface area contributed by atoms with E-state index in [1.165, 1.54) is 17.9 Å². The average molecular weight is 242 g/mol. The van der Waals surface area contributed by atoms with E-state index in [1.54, 1.807) is 7.05 Å². The summed E-state index contributed by atoms with van der Waals surface area (Å²) >= 11 is 5.76. The van der Waals surface area contributed by atoms with E-state index in [1.807, 2.05) is 0 Å². The van der Waals surface area contributed by atoms with Gasteiger partial charge < -0.3 is 5.32 Å². The lowest BCUT2D eigenvalue weighted by molar-refractivity contribution is -0.140. The first-order chi connectivity index (χ1) is 6.85. The smallest absolute Gasteiger partial charge is 0.311 e. The van der Waals surface area contributed by atoms with Gasteiger partial charge in [0.05, 0.1) is 29.4 Å². The normalized spacial score (nSPS) is 14.3. The summed E-state index contributed by atoms with van der Waals surface area (Å²) in [5.74, 6) is 0. The van der Waals surface area contributed by atoms with Gasteiger partial charge in [-0.3, -0.25) is 4.68 Å². The van der Waals surface area contributed by atoms with Crippen molar-refractivity contribution in [2.24, 2.45) is 7.05 Å². The van der Waals surface area contributed by atoms with Gasteiger partial charge in [-0.15, -0.1) is 0 Å². The first-order valence-corrected chi connectivity index (χ1v) is 4.64. The van der Waals surface area contributed by atoms with Gasteiger partial charge in [-0.25, -0.2) is 0 Å². The van der Waals surface area contributed by atoms with Crippen molar-refractivity contribution in [1.29, 1.82) is 0 Å². The summed E-state index contributed by atoms with van der Waals surface area (Å²) in [7, 11) is 3.02. The molecular formula is C8H11ClF3N3. The van der Waals surface area contributed by atoms with Crippen molar-refractivity contribution in [2.75, 3.05) is 7.05 Å². The van der Waals surface area contributed by atoms with Crippen LogP contribution in [0.15, 0.2) is 6.20 Å². The van der Waals surface area contributed by atoms with Crippen LogP contribution in [0.4, 0.5) is 13.2 Å². The monoisotopic (exact) mass is 241 g/mol. The number of halogens is 4. The molecule has 1 atom stereocenters. The minimum Gasteiger partial charge on any atom is -0.311 e. The number of alkyl halides is 3. The Morgan fingerprint density at radius 3 is 2.53 bits per heavy atom. The van der Waals surface area contributed by atoms with Gasteiger partial charge in [-0.05, 0) is 7.05 Å². The Hall–Kier alpha value is -0.750. The van der Waals surface area contributed by atoms with E-state index in [0.29, 0.717) is 5.69 Å². The molecule has 1 unspecified atom stereocenters. The predicted molar refractivity (Wildman–Crippen MR) is 50.7 cm³/mol. The molecule has 1 heterocycles. The zero-order valence-electron chi connectivity index (χ0n) is 8.27. The molecule has 15 heavy (non-hydrogen) atoms. The fraction of sp³-hybridized carbons (Fsp3) is 0.625. The third kappa shape index (κ3) is 3.10. The molecule has 0 saturated heterocycles. The standard InChI is InChI=1S/C8H11ClF3N3/c1-13-6(3-8(10,11)12)7-5(9)4-14-15(7)2/h4,6,13H,3H2,1-2H3. The van der Waals surface area contributed by atoms with E-state index in [4.69, 9.17) is 11.6 Å². The van der Waals surface area contributed by atoms with Crippen molar-refractivity contribution in [3.63, 3.8) is 0 Å². The number of rotatable bonds is 3. The van der Waals surface area contributed by atoms with Crippen LogP contribution in [0.2, 0.25) is 5.02 Å². The highest BCUT2D eigenvalue weighted by Crippen LogP contribution is 2.32. The Kier molecular flexibility index (Phi) is 3.62. The van der Waals surface area contributed by atoms with Crippen molar-refractivity contribution in [2.45, 2.75) is 18.6 Å². The zero-order valence-corrected chi connectivity index (χ0v) is 9.02. The van der Waals surface area contributed by atoms with Gasteiger partial charge in [-0.1, -0.05) is 11.6 Å². The Morgan fingerprint density at radius 1 is 1.60 bits per heavy atom. The van der Waals surface area contributed by atoms with Crippen LogP contribution < -0.4 is 5.32 Å². The molecule has 0 aliphatic carbocycles. The van der Waals surface area contributed by atoms with Crippen LogP contribution >= 0.6 is 11.6 Å². The average Bonchev–Trinajstić information content (AvgIpc) is 2.41. The molecule has 0 aliphatic heterocycles. The molecule has 3 nitrogen and oxygen atoms in total. The third-order valence-corrected chi connectivity index (χ3v) is 2.34. The van der Waals surface area contributed by atoms with Crippen molar-refractivity contribution in [3.8, 4) is 0 Å². The zero-order chi connectivity index (χ0) is 11.6. The molecule has 1 N–H and O–H groups in total. The fourth-order valence-electron chi connectivity index (χ4n) is 1.38. The molecule has 0 fully saturated rings. The van der Waals surface area contributed by atoms with Crippen LogP contribution in [0.25, 0.3) is 0 Å². The molecule has 1 aromatic heterocycles. The first-order valence-electron chi connectivity index (χ1n) is 4.26. The second kappa shape index (κ2) is 4.40. The lowest BCUT2D eigenvalue weighted by Gasteiger charge is -2.18. The first kappa shape index (κ1) is 12.3. The summed E-state index contributed by atoms with van der Waals surface area (Å²) in [5.41, 5.74) is 0.344. The van der Waals surface area contributed by atoms with E-state index in [2.05, 4.69) is 10.4 Å². The van der Waals surface area contributed by atoms with Gasteiger partial charge in [0.25, 0.3) is 0 Å². The molecule has 0 amide bonds. The molecule has 0 aromatic carbocycles. The number of nitrogens with one attached hydrogen (secondary N) is 1. The maximum absolute atomic E-state index is 12.2. The van der Waals surface area contributed by atoms with Crippen LogP contribution in [0.3, 0.4) is 0 Å². The number of aryl methyl sites for hydroxylation is 1. The van der Waals surface area contributed by atoms with Crippen LogP contribution in [-0.4, -0.2) is 23.0 Å². The Labute approximate surface area is 90.2 Å². The van der Waals surface area contributed by atoms with E-state index in [-0.39, 0.29) is 5.02 Å². The SMILES string of the molecule is CNC(CC(F)(F)F)c1c(Cl)cnn1C. The number of hydrogen-bond acceptors (Lipinski definition) is 2. The number of aromatic nitrogens is 2. The maximum atomic E-state index is 12.2. The summed E-state index contributed by atoms with van der Waals surface area (Å²) in [5, 5.41) is 6.61. The molecule has 0 bridgehead atoms. The summed E-state index contributed by atoms with van der Waals surface area (Å²) in [4.78, 5) is 0. The third-order valence-electron chi connectivity index (χ3n) is 2.05. The molecule has 7 heteroatoms. The van der Waals surface area contributed by atoms with Crippen molar-refractivity contribution >= 4 is 11.6 Å². The van der Waals surface area contributed by atoms with Crippen LogP contribution in [0.5, 0.6) is 0 Å². The second-order valence-electron chi connectivity index (χ2n) is 3.16. The number of hydrogen-bond donors (Lipinski definition) is 1. The molecule has 0 radical (unpaired) electrons. The van der Waals surface area contributed by atoms with Gasteiger partial charge in [0.15, 0.2) is 0 Å². The quantitative estimate of drug-likeness (QED) is 0.880. The van der Waals surface area contributed by atoms with E-state index >= 15 is 0 Å². The highest BCUT2D eigenvalue weighted by molar-refractivity contribution is 6.31. The molecule has 86 valence electrons. The Balaban J connectivity index is 2.93. The lowest BCUT2D eigenvalue weighted by Crippen LogP contribution is -2.25. The predicted octanol–water partition coefficient (Wildman–Crippen LogP) is 2.29. The van der Waals surface area contributed by atoms with Gasteiger partial charge in [0, 0.05) is 7.05 Å². The highest BCUT2D eigenvalue weighted by Gasteiger charge is 2.34. The minimum absolute atomic E-state index is 0.237. The summed E-state index contributed by atoms with van der Waals surface area (Å²) in [6, 6.07) is -0.870. The van der Waals surface area contributed by atoms with E-state index in [0.717, 1.165) is 0 Å². The second-order valence-corrected chi connectivity index (χ2v) is 3.57. The van der Waals surface area contributed by atoms with E-state index in [9.17, 15) is 13.2 Å².